The lowest BCUT2D eigenvalue weighted by Crippen LogP contribution is -2.34. The summed E-state index contributed by atoms with van der Waals surface area (Å²) >= 11 is 0. The summed E-state index contributed by atoms with van der Waals surface area (Å²) in [5.74, 6) is 0.512. The van der Waals surface area contributed by atoms with Gasteiger partial charge in [0.15, 0.2) is 0 Å². The van der Waals surface area contributed by atoms with Crippen molar-refractivity contribution >= 4 is 0 Å². The van der Waals surface area contributed by atoms with Gasteiger partial charge < -0.3 is 5.32 Å². The highest BCUT2D eigenvalue weighted by molar-refractivity contribution is 5.49. The van der Waals surface area contributed by atoms with E-state index in [1.54, 1.807) is 6.08 Å². The van der Waals surface area contributed by atoms with Crippen LogP contribution in [0.25, 0.3) is 0 Å². The summed E-state index contributed by atoms with van der Waals surface area (Å²) in [4.78, 5) is 0. The first kappa shape index (κ1) is 18.0. The molecule has 0 fully saturated rings. The smallest absolute Gasteiger partial charge is 0.123 e. The third-order valence-electron chi connectivity index (χ3n) is 5.71. The monoisotopic (exact) mass is 339 g/mol. The number of hydrogen-bond donors (Lipinski definition) is 1. The highest BCUT2D eigenvalue weighted by Gasteiger charge is 2.28. The molecule has 2 aliphatic rings. The van der Waals surface area contributed by atoms with Crippen LogP contribution < -0.4 is 5.32 Å². The molecule has 0 amide bonds. The van der Waals surface area contributed by atoms with Crippen molar-refractivity contribution in [3.05, 3.63) is 70.0 Å². The fourth-order valence-corrected chi connectivity index (χ4v) is 4.00. The van der Waals surface area contributed by atoms with Gasteiger partial charge in [-0.25, -0.2) is 4.39 Å². The molecule has 1 aromatic rings. The van der Waals surface area contributed by atoms with Crippen LogP contribution in [0.1, 0.15) is 51.2 Å². The molecule has 0 bridgehead atoms. The van der Waals surface area contributed by atoms with Gasteiger partial charge in [0.25, 0.3) is 0 Å². The second-order valence-electron chi connectivity index (χ2n) is 7.64. The third kappa shape index (κ3) is 3.89. The molecule has 3 unspecified atom stereocenters. The maximum atomic E-state index is 14.1. The lowest BCUT2D eigenvalue weighted by Gasteiger charge is -2.34. The molecule has 1 aliphatic heterocycles. The van der Waals surface area contributed by atoms with Gasteiger partial charge in [-0.15, -0.1) is 0 Å². The Balaban J connectivity index is 2.09. The molecule has 1 aromatic carbocycles. The predicted octanol–water partition coefficient (Wildman–Crippen LogP) is 5.81. The van der Waals surface area contributed by atoms with Crippen molar-refractivity contribution in [1.29, 1.82) is 0 Å². The van der Waals surface area contributed by atoms with E-state index in [9.17, 15) is 4.39 Å². The van der Waals surface area contributed by atoms with Crippen molar-refractivity contribution in [2.75, 3.05) is 0 Å². The number of alkyl halides is 1. The molecular weight excluding hydrogens is 309 g/mol. The highest BCUT2D eigenvalue weighted by Crippen LogP contribution is 2.38. The zero-order valence-corrected chi connectivity index (χ0v) is 15.9. The lowest BCUT2D eigenvalue weighted by molar-refractivity contribution is 0.387. The van der Waals surface area contributed by atoms with Crippen molar-refractivity contribution in [1.82, 2.24) is 5.32 Å². The fourth-order valence-electron chi connectivity index (χ4n) is 4.00. The molecule has 0 saturated heterocycles. The van der Waals surface area contributed by atoms with E-state index in [2.05, 4.69) is 57.3 Å². The molecule has 0 saturated carbocycles. The van der Waals surface area contributed by atoms with Crippen LogP contribution in [0.5, 0.6) is 0 Å². The standard InChI is InChI=1S/C23H30FN/c1-5-15(2)20(13-18-9-7-6-8-16(18)3)21-12-17(4)25-23-11-10-19(24)14-22(21)23/h6-11,15,17,19,25H,5,12-14H2,1-4H3/b21-20+. The summed E-state index contributed by atoms with van der Waals surface area (Å²) in [5, 5.41) is 3.55. The number of rotatable bonds is 4. The Labute approximate surface area is 151 Å². The van der Waals surface area contributed by atoms with E-state index in [1.165, 1.54) is 27.8 Å². The maximum absolute atomic E-state index is 14.1. The van der Waals surface area contributed by atoms with E-state index in [-0.39, 0.29) is 0 Å². The molecule has 1 heterocycles. The van der Waals surface area contributed by atoms with Crippen LogP contribution >= 0.6 is 0 Å². The first-order valence-corrected chi connectivity index (χ1v) is 9.58. The quantitative estimate of drug-likeness (QED) is 0.729. The van der Waals surface area contributed by atoms with Crippen molar-refractivity contribution in [2.24, 2.45) is 5.92 Å². The van der Waals surface area contributed by atoms with Gasteiger partial charge in [-0.3, -0.25) is 0 Å². The van der Waals surface area contributed by atoms with Crippen LogP contribution in [0.3, 0.4) is 0 Å². The van der Waals surface area contributed by atoms with E-state index in [4.69, 9.17) is 0 Å². The highest BCUT2D eigenvalue weighted by atomic mass is 19.1. The Kier molecular flexibility index (Phi) is 5.46. The fraction of sp³-hybridized carbons (Fsp3) is 0.478. The Morgan fingerprint density at radius 3 is 2.76 bits per heavy atom. The maximum Gasteiger partial charge on any atom is 0.123 e. The minimum Gasteiger partial charge on any atom is -0.382 e. The van der Waals surface area contributed by atoms with Crippen LogP contribution in [-0.4, -0.2) is 12.2 Å². The van der Waals surface area contributed by atoms with Crippen LogP contribution in [0, 0.1) is 12.8 Å². The van der Waals surface area contributed by atoms with E-state index < -0.39 is 6.17 Å². The number of allylic oxidation sites excluding steroid dienone is 4. The zero-order chi connectivity index (χ0) is 18.0. The van der Waals surface area contributed by atoms with Gasteiger partial charge >= 0.3 is 0 Å². The molecule has 3 atom stereocenters. The number of halogens is 1. The Hall–Kier alpha value is -1.83. The Bertz CT molecular complexity index is 725. The zero-order valence-electron chi connectivity index (χ0n) is 15.9. The molecule has 134 valence electrons. The van der Waals surface area contributed by atoms with E-state index in [0.29, 0.717) is 18.4 Å². The molecule has 25 heavy (non-hydrogen) atoms. The van der Waals surface area contributed by atoms with E-state index in [0.717, 1.165) is 25.0 Å². The summed E-state index contributed by atoms with van der Waals surface area (Å²) in [6.07, 6.45) is 6.36. The van der Waals surface area contributed by atoms with Gasteiger partial charge in [0, 0.05) is 18.2 Å². The van der Waals surface area contributed by atoms with Crippen molar-refractivity contribution in [3.63, 3.8) is 0 Å². The Morgan fingerprint density at radius 2 is 2.04 bits per heavy atom. The summed E-state index contributed by atoms with van der Waals surface area (Å²) in [6.45, 7) is 8.98. The van der Waals surface area contributed by atoms with E-state index >= 15 is 0 Å². The number of hydrogen-bond acceptors (Lipinski definition) is 1. The van der Waals surface area contributed by atoms with Gasteiger partial charge in [0.1, 0.15) is 6.17 Å². The topological polar surface area (TPSA) is 12.0 Å². The van der Waals surface area contributed by atoms with Crippen molar-refractivity contribution in [3.8, 4) is 0 Å². The third-order valence-corrected chi connectivity index (χ3v) is 5.71. The number of nitrogens with one attached hydrogen (secondary N) is 1. The first-order chi connectivity index (χ1) is 12.0. The molecule has 0 aromatic heterocycles. The Morgan fingerprint density at radius 1 is 1.28 bits per heavy atom. The molecule has 0 radical (unpaired) electrons. The average Bonchev–Trinajstić information content (AvgIpc) is 2.60. The van der Waals surface area contributed by atoms with Crippen LogP contribution in [0.4, 0.5) is 4.39 Å². The molecule has 1 N–H and O–H groups in total. The SMILES string of the molecule is CCC(C)/C(Cc1ccccc1C)=C1\CC(C)NC2=C1CC(F)C=C2. The minimum atomic E-state index is -0.861. The van der Waals surface area contributed by atoms with Gasteiger partial charge in [-0.1, -0.05) is 43.7 Å². The minimum absolute atomic E-state index is 0.394. The second kappa shape index (κ2) is 7.59. The molecule has 0 spiro atoms. The molecule has 1 aliphatic carbocycles. The van der Waals surface area contributed by atoms with E-state index in [1.807, 2.05) is 6.08 Å². The largest absolute Gasteiger partial charge is 0.382 e. The average molecular weight is 339 g/mol. The molecule has 2 heteroatoms. The predicted molar refractivity (Wildman–Crippen MR) is 104 cm³/mol. The van der Waals surface area contributed by atoms with Crippen LogP contribution in [0.15, 0.2) is 58.8 Å². The van der Waals surface area contributed by atoms with Crippen molar-refractivity contribution < 1.29 is 4.39 Å². The summed E-state index contributed by atoms with van der Waals surface area (Å²) in [7, 11) is 0. The van der Waals surface area contributed by atoms with Crippen LogP contribution in [-0.2, 0) is 6.42 Å². The first-order valence-electron chi connectivity index (χ1n) is 9.58. The summed E-state index contributed by atoms with van der Waals surface area (Å²) in [6, 6.07) is 9.03. The van der Waals surface area contributed by atoms with Gasteiger partial charge in [-0.05, 0) is 73.5 Å². The van der Waals surface area contributed by atoms with Gasteiger partial charge in [0.2, 0.25) is 0 Å². The molecule has 1 nitrogen and oxygen atoms in total. The second-order valence-corrected chi connectivity index (χ2v) is 7.64. The summed E-state index contributed by atoms with van der Waals surface area (Å²) in [5.41, 5.74) is 7.98. The van der Waals surface area contributed by atoms with Crippen molar-refractivity contribution in [2.45, 2.75) is 65.6 Å². The van der Waals surface area contributed by atoms with Gasteiger partial charge in [-0.2, -0.15) is 0 Å². The normalized spacial score (nSPS) is 26.1. The number of aryl methyl sites for hydroxylation is 1. The van der Waals surface area contributed by atoms with Crippen LogP contribution in [0.2, 0.25) is 0 Å². The van der Waals surface area contributed by atoms with Gasteiger partial charge in [0.05, 0.1) is 0 Å². The molecule has 3 rings (SSSR count). The summed E-state index contributed by atoms with van der Waals surface area (Å²) < 4.78 is 14.1. The molecular formula is C23H30FN. The number of benzene rings is 1. The lowest BCUT2D eigenvalue weighted by atomic mass is 9.78.